The van der Waals surface area contributed by atoms with Crippen molar-refractivity contribution in [3.8, 4) is 0 Å². The average molecular weight is 417 g/mol. The van der Waals surface area contributed by atoms with E-state index in [2.05, 4.69) is 10.3 Å². The molecule has 1 N–H and O–H groups in total. The Morgan fingerprint density at radius 1 is 1.07 bits per heavy atom. The minimum atomic E-state index is -4.62. The van der Waals surface area contributed by atoms with E-state index in [0.29, 0.717) is 6.42 Å². The molecule has 1 fully saturated rings. The Kier molecular flexibility index (Phi) is 5.46. The molecule has 0 radical (unpaired) electrons. The van der Waals surface area contributed by atoms with Crippen LogP contribution >= 0.6 is 0 Å². The molecule has 3 rings (SSSR count). The Hall–Kier alpha value is -2.78. The summed E-state index contributed by atoms with van der Waals surface area (Å²) >= 11 is 0. The van der Waals surface area contributed by atoms with E-state index in [1.807, 2.05) is 0 Å². The van der Waals surface area contributed by atoms with Gasteiger partial charge in [0, 0.05) is 13.5 Å². The molecule has 1 aliphatic rings. The van der Waals surface area contributed by atoms with Crippen LogP contribution in [0.3, 0.4) is 0 Å². The molecular formula is C19H17F6N3O. The largest absolute Gasteiger partial charge is 0.433 e. The molecule has 0 bridgehead atoms. The third kappa shape index (κ3) is 4.46. The van der Waals surface area contributed by atoms with Gasteiger partial charge < -0.3 is 10.2 Å². The Morgan fingerprint density at radius 3 is 2.31 bits per heavy atom. The summed E-state index contributed by atoms with van der Waals surface area (Å²) in [6, 6.07) is 5.40. The quantitative estimate of drug-likeness (QED) is 0.744. The van der Waals surface area contributed by atoms with Gasteiger partial charge in [-0.3, -0.25) is 4.79 Å². The molecule has 2 atom stereocenters. The topological polar surface area (TPSA) is 45.2 Å². The average Bonchev–Trinajstić information content (AvgIpc) is 3.03. The number of nitrogens with zero attached hydrogens (tertiary/aromatic N) is 2. The SMILES string of the molecule is CC(=O)N[C@@H]1CCN(c2ccc(C(F)(F)F)nc2)[C@@H]1c1ccccc1C(F)(F)F. The predicted octanol–water partition coefficient (Wildman–Crippen LogP) is 4.58. The molecule has 2 heterocycles. The standard InChI is InChI=1S/C19H17F6N3O/c1-11(29)27-15-8-9-28(12-6-7-16(26-10-12)19(23,24)25)17(15)13-4-2-3-5-14(13)18(20,21)22/h2-7,10,15,17H,8-9H2,1H3,(H,27,29)/t15-,17-/m1/s1. The number of aromatic nitrogens is 1. The number of rotatable bonds is 3. The Labute approximate surface area is 162 Å². The van der Waals surface area contributed by atoms with E-state index in [4.69, 9.17) is 0 Å². The lowest BCUT2D eigenvalue weighted by atomic mass is 9.94. The molecule has 29 heavy (non-hydrogen) atoms. The fourth-order valence-corrected chi connectivity index (χ4v) is 3.62. The fourth-order valence-electron chi connectivity index (χ4n) is 3.62. The van der Waals surface area contributed by atoms with Crippen LogP contribution in [-0.4, -0.2) is 23.5 Å². The van der Waals surface area contributed by atoms with Crippen molar-refractivity contribution in [3.05, 3.63) is 59.4 Å². The normalized spacial score (nSPS) is 20.0. The molecule has 2 aromatic rings. The van der Waals surface area contributed by atoms with Gasteiger partial charge in [0.1, 0.15) is 5.69 Å². The van der Waals surface area contributed by atoms with Crippen molar-refractivity contribution < 1.29 is 31.1 Å². The summed E-state index contributed by atoms with van der Waals surface area (Å²) in [5.74, 6) is -0.406. The third-order valence-corrected chi connectivity index (χ3v) is 4.74. The molecule has 1 saturated heterocycles. The van der Waals surface area contributed by atoms with Crippen LogP contribution < -0.4 is 10.2 Å². The number of carbonyl (C=O) groups excluding carboxylic acids is 1. The third-order valence-electron chi connectivity index (χ3n) is 4.74. The minimum absolute atomic E-state index is 0.0591. The van der Waals surface area contributed by atoms with Gasteiger partial charge >= 0.3 is 12.4 Å². The fraction of sp³-hybridized carbons (Fsp3) is 0.368. The molecule has 156 valence electrons. The number of nitrogens with one attached hydrogen (secondary N) is 1. The van der Waals surface area contributed by atoms with Gasteiger partial charge in [-0.1, -0.05) is 18.2 Å². The van der Waals surface area contributed by atoms with Crippen LogP contribution in [0, 0.1) is 0 Å². The first-order chi connectivity index (χ1) is 13.5. The zero-order valence-corrected chi connectivity index (χ0v) is 15.2. The van der Waals surface area contributed by atoms with Gasteiger partial charge in [-0.25, -0.2) is 4.98 Å². The molecule has 0 unspecified atom stereocenters. The number of benzene rings is 1. The van der Waals surface area contributed by atoms with E-state index in [-0.39, 0.29) is 17.8 Å². The molecule has 0 spiro atoms. The van der Waals surface area contributed by atoms with Crippen molar-refractivity contribution in [3.63, 3.8) is 0 Å². The molecule has 0 saturated carbocycles. The second-order valence-electron chi connectivity index (χ2n) is 6.72. The predicted molar refractivity (Wildman–Crippen MR) is 93.0 cm³/mol. The van der Waals surface area contributed by atoms with Crippen molar-refractivity contribution >= 4 is 11.6 Å². The Balaban J connectivity index is 2.05. The summed E-state index contributed by atoms with van der Waals surface area (Å²) in [5.41, 5.74) is -1.76. The monoisotopic (exact) mass is 417 g/mol. The van der Waals surface area contributed by atoms with Crippen molar-refractivity contribution in [2.75, 3.05) is 11.4 Å². The molecule has 0 aliphatic carbocycles. The summed E-state index contributed by atoms with van der Waals surface area (Å²) in [6.07, 6.45) is -7.92. The second-order valence-corrected chi connectivity index (χ2v) is 6.72. The number of hydrogen-bond acceptors (Lipinski definition) is 3. The number of amides is 1. The molecule has 1 aliphatic heterocycles. The number of pyridine rings is 1. The number of halogens is 6. The highest BCUT2D eigenvalue weighted by Gasteiger charge is 2.42. The molecule has 4 nitrogen and oxygen atoms in total. The van der Waals surface area contributed by atoms with Crippen molar-refractivity contribution in [2.24, 2.45) is 0 Å². The van der Waals surface area contributed by atoms with E-state index < -0.39 is 41.6 Å². The highest BCUT2D eigenvalue weighted by Crippen LogP contribution is 2.42. The zero-order valence-electron chi connectivity index (χ0n) is 15.2. The van der Waals surface area contributed by atoms with Crippen LogP contribution in [0.25, 0.3) is 0 Å². The number of alkyl halides is 6. The first-order valence-corrected chi connectivity index (χ1v) is 8.71. The Morgan fingerprint density at radius 2 is 1.76 bits per heavy atom. The summed E-state index contributed by atoms with van der Waals surface area (Å²) in [7, 11) is 0. The van der Waals surface area contributed by atoms with Gasteiger partial charge in [0.05, 0.1) is 29.5 Å². The summed E-state index contributed by atoms with van der Waals surface area (Å²) in [5, 5.41) is 2.66. The zero-order chi connectivity index (χ0) is 21.4. The minimum Gasteiger partial charge on any atom is -0.361 e. The van der Waals surface area contributed by atoms with Gasteiger partial charge in [-0.05, 0) is 30.2 Å². The van der Waals surface area contributed by atoms with Crippen molar-refractivity contribution in [2.45, 2.75) is 37.8 Å². The van der Waals surface area contributed by atoms with Crippen LogP contribution in [-0.2, 0) is 17.1 Å². The van der Waals surface area contributed by atoms with E-state index in [1.165, 1.54) is 31.2 Å². The number of hydrogen-bond donors (Lipinski definition) is 1. The maximum atomic E-state index is 13.6. The highest BCUT2D eigenvalue weighted by atomic mass is 19.4. The Bertz CT molecular complexity index is 879. The van der Waals surface area contributed by atoms with E-state index in [1.54, 1.807) is 4.90 Å². The lowest BCUT2D eigenvalue weighted by Crippen LogP contribution is -2.39. The maximum Gasteiger partial charge on any atom is 0.433 e. The van der Waals surface area contributed by atoms with Gasteiger partial charge in [0.25, 0.3) is 0 Å². The molecular weight excluding hydrogens is 400 g/mol. The van der Waals surface area contributed by atoms with Gasteiger partial charge in [0.2, 0.25) is 5.91 Å². The summed E-state index contributed by atoms with van der Waals surface area (Å²) < 4.78 is 79.0. The molecule has 1 aromatic carbocycles. The first kappa shape index (κ1) is 20.9. The van der Waals surface area contributed by atoms with Crippen LogP contribution in [0.2, 0.25) is 0 Å². The van der Waals surface area contributed by atoms with Gasteiger partial charge in [-0.15, -0.1) is 0 Å². The smallest absolute Gasteiger partial charge is 0.361 e. The van der Waals surface area contributed by atoms with Crippen LogP contribution in [0.4, 0.5) is 32.0 Å². The van der Waals surface area contributed by atoms with Crippen LogP contribution in [0.1, 0.15) is 36.2 Å². The highest BCUT2D eigenvalue weighted by molar-refractivity contribution is 5.73. The van der Waals surface area contributed by atoms with Crippen molar-refractivity contribution in [1.82, 2.24) is 10.3 Å². The summed E-state index contributed by atoms with van der Waals surface area (Å²) in [6.45, 7) is 1.50. The van der Waals surface area contributed by atoms with E-state index in [9.17, 15) is 31.1 Å². The van der Waals surface area contributed by atoms with Gasteiger partial charge in [-0.2, -0.15) is 26.3 Å². The number of carbonyl (C=O) groups is 1. The first-order valence-electron chi connectivity index (χ1n) is 8.71. The van der Waals surface area contributed by atoms with Crippen LogP contribution in [0.15, 0.2) is 42.6 Å². The molecule has 1 aromatic heterocycles. The molecule has 10 heteroatoms. The lowest BCUT2D eigenvalue weighted by molar-refractivity contribution is -0.141. The van der Waals surface area contributed by atoms with Crippen LogP contribution in [0.5, 0.6) is 0 Å². The molecule has 1 amide bonds. The van der Waals surface area contributed by atoms with E-state index >= 15 is 0 Å². The van der Waals surface area contributed by atoms with Gasteiger partial charge in [0.15, 0.2) is 0 Å². The summed E-state index contributed by atoms with van der Waals surface area (Å²) in [4.78, 5) is 16.5. The maximum absolute atomic E-state index is 13.6. The second kappa shape index (κ2) is 7.57. The lowest BCUT2D eigenvalue weighted by Gasteiger charge is -2.32. The number of anilines is 1. The van der Waals surface area contributed by atoms with E-state index in [0.717, 1.165) is 18.3 Å². The van der Waals surface area contributed by atoms with Crippen molar-refractivity contribution in [1.29, 1.82) is 0 Å².